The SMILES string of the molecule is Cc1ccc2ncccc2c1NC(=O)CC1CCN(C(=O)c2ccn(C(C)C)n2)CC1. The minimum Gasteiger partial charge on any atom is -0.337 e. The topological polar surface area (TPSA) is 80.1 Å². The van der Waals surface area contributed by atoms with Crippen LogP contribution in [0.4, 0.5) is 5.69 Å². The number of hydrogen-bond acceptors (Lipinski definition) is 4. The van der Waals surface area contributed by atoms with Gasteiger partial charge in [0, 0.05) is 43.3 Å². The second-order valence-corrected chi connectivity index (χ2v) is 8.59. The molecule has 1 fully saturated rings. The zero-order valence-corrected chi connectivity index (χ0v) is 18.3. The van der Waals surface area contributed by atoms with Crippen molar-refractivity contribution < 1.29 is 9.59 Å². The number of aromatic nitrogens is 3. The van der Waals surface area contributed by atoms with Gasteiger partial charge in [-0.25, -0.2) is 0 Å². The second kappa shape index (κ2) is 8.88. The molecule has 1 aliphatic rings. The molecule has 0 bridgehead atoms. The molecule has 2 aromatic heterocycles. The first-order valence-electron chi connectivity index (χ1n) is 10.9. The van der Waals surface area contributed by atoms with Crippen LogP contribution in [-0.4, -0.2) is 44.6 Å². The smallest absolute Gasteiger partial charge is 0.274 e. The minimum atomic E-state index is -0.0267. The van der Waals surface area contributed by atoms with Gasteiger partial charge in [-0.1, -0.05) is 6.07 Å². The summed E-state index contributed by atoms with van der Waals surface area (Å²) in [7, 11) is 0. The number of rotatable bonds is 5. The zero-order valence-electron chi connectivity index (χ0n) is 18.3. The minimum absolute atomic E-state index is 0.0138. The normalized spacial score (nSPS) is 14.9. The van der Waals surface area contributed by atoms with E-state index in [1.807, 2.05) is 56.1 Å². The van der Waals surface area contributed by atoms with Crippen LogP contribution in [0.25, 0.3) is 10.9 Å². The Balaban J connectivity index is 1.33. The van der Waals surface area contributed by atoms with Gasteiger partial charge in [0.15, 0.2) is 0 Å². The van der Waals surface area contributed by atoms with E-state index < -0.39 is 0 Å². The van der Waals surface area contributed by atoms with Gasteiger partial charge in [-0.3, -0.25) is 19.3 Å². The van der Waals surface area contributed by atoms with Crippen LogP contribution in [-0.2, 0) is 4.79 Å². The third-order valence-corrected chi connectivity index (χ3v) is 5.99. The van der Waals surface area contributed by atoms with Gasteiger partial charge in [-0.05, 0) is 69.4 Å². The molecule has 4 rings (SSSR count). The van der Waals surface area contributed by atoms with Crippen LogP contribution in [0.3, 0.4) is 0 Å². The molecule has 0 radical (unpaired) electrons. The van der Waals surface area contributed by atoms with Crippen LogP contribution in [0, 0.1) is 12.8 Å². The Bertz CT molecular complexity index is 1100. The Morgan fingerprint density at radius 3 is 2.65 bits per heavy atom. The van der Waals surface area contributed by atoms with E-state index in [1.54, 1.807) is 16.9 Å². The highest BCUT2D eigenvalue weighted by molar-refractivity contribution is 6.02. The van der Waals surface area contributed by atoms with Crippen molar-refractivity contribution in [3.8, 4) is 0 Å². The van der Waals surface area contributed by atoms with Crippen LogP contribution in [0.1, 0.15) is 55.2 Å². The van der Waals surface area contributed by atoms with Gasteiger partial charge in [0.05, 0.1) is 11.2 Å². The third kappa shape index (κ3) is 4.60. The predicted molar refractivity (Wildman–Crippen MR) is 121 cm³/mol. The number of nitrogens with zero attached hydrogens (tertiary/aromatic N) is 4. The van der Waals surface area contributed by atoms with Crippen LogP contribution < -0.4 is 5.32 Å². The molecule has 0 atom stereocenters. The Morgan fingerprint density at radius 1 is 1.16 bits per heavy atom. The fraction of sp³-hybridized carbons (Fsp3) is 0.417. The largest absolute Gasteiger partial charge is 0.337 e. The highest BCUT2D eigenvalue weighted by atomic mass is 16.2. The summed E-state index contributed by atoms with van der Waals surface area (Å²) in [6.07, 6.45) is 5.70. The van der Waals surface area contributed by atoms with Gasteiger partial charge >= 0.3 is 0 Å². The van der Waals surface area contributed by atoms with Crippen molar-refractivity contribution in [3.05, 3.63) is 54.0 Å². The summed E-state index contributed by atoms with van der Waals surface area (Å²) < 4.78 is 1.80. The Labute approximate surface area is 182 Å². The number of carbonyl (C=O) groups excluding carboxylic acids is 2. The van der Waals surface area contributed by atoms with Crippen molar-refractivity contribution in [2.24, 2.45) is 5.92 Å². The average molecular weight is 420 g/mol. The van der Waals surface area contributed by atoms with Crippen LogP contribution in [0.15, 0.2) is 42.7 Å². The molecule has 2 amide bonds. The van der Waals surface area contributed by atoms with Crippen molar-refractivity contribution in [2.75, 3.05) is 18.4 Å². The van der Waals surface area contributed by atoms with Crippen molar-refractivity contribution in [1.29, 1.82) is 0 Å². The maximum Gasteiger partial charge on any atom is 0.274 e. The highest BCUT2D eigenvalue weighted by Crippen LogP contribution is 2.27. The van der Waals surface area contributed by atoms with E-state index in [4.69, 9.17) is 0 Å². The van der Waals surface area contributed by atoms with Crippen LogP contribution >= 0.6 is 0 Å². The molecule has 3 heterocycles. The molecule has 31 heavy (non-hydrogen) atoms. The molecule has 0 spiro atoms. The van der Waals surface area contributed by atoms with Gasteiger partial charge < -0.3 is 10.2 Å². The summed E-state index contributed by atoms with van der Waals surface area (Å²) >= 11 is 0. The number of nitrogens with one attached hydrogen (secondary N) is 1. The summed E-state index contributed by atoms with van der Waals surface area (Å²) in [6.45, 7) is 7.37. The first-order chi connectivity index (χ1) is 14.9. The first-order valence-corrected chi connectivity index (χ1v) is 10.9. The van der Waals surface area contributed by atoms with E-state index in [0.29, 0.717) is 25.2 Å². The summed E-state index contributed by atoms with van der Waals surface area (Å²) in [4.78, 5) is 31.7. The molecule has 0 unspecified atom stereocenters. The van der Waals surface area contributed by atoms with Gasteiger partial charge in [-0.2, -0.15) is 5.10 Å². The molecule has 1 N–H and O–H groups in total. The standard InChI is InChI=1S/C24H29N5O2/c1-16(2)29-14-10-21(27-29)24(31)28-12-8-18(9-13-28)15-22(30)26-23-17(3)6-7-20-19(23)5-4-11-25-20/h4-7,10-11,14,16,18H,8-9,12-13,15H2,1-3H3,(H,26,30). The number of hydrogen-bond donors (Lipinski definition) is 1. The van der Waals surface area contributed by atoms with Crippen molar-refractivity contribution >= 4 is 28.4 Å². The molecule has 3 aromatic rings. The summed E-state index contributed by atoms with van der Waals surface area (Å²) in [5, 5.41) is 8.45. The number of anilines is 1. The Morgan fingerprint density at radius 2 is 1.94 bits per heavy atom. The number of fused-ring (bicyclic) bond motifs is 1. The fourth-order valence-corrected chi connectivity index (χ4v) is 4.12. The second-order valence-electron chi connectivity index (χ2n) is 8.59. The lowest BCUT2D eigenvalue weighted by molar-refractivity contribution is -0.117. The monoisotopic (exact) mass is 419 g/mol. The lowest BCUT2D eigenvalue weighted by Crippen LogP contribution is -2.39. The number of carbonyl (C=O) groups is 2. The highest BCUT2D eigenvalue weighted by Gasteiger charge is 2.26. The van der Waals surface area contributed by atoms with Gasteiger partial charge in [0.2, 0.25) is 5.91 Å². The van der Waals surface area contributed by atoms with E-state index in [0.717, 1.165) is 35.0 Å². The molecule has 162 valence electrons. The van der Waals surface area contributed by atoms with Crippen molar-refractivity contribution in [1.82, 2.24) is 19.7 Å². The van der Waals surface area contributed by atoms with Gasteiger partial charge in [-0.15, -0.1) is 0 Å². The van der Waals surface area contributed by atoms with Gasteiger partial charge in [0.1, 0.15) is 5.69 Å². The number of aryl methyl sites for hydroxylation is 1. The fourth-order valence-electron chi connectivity index (χ4n) is 4.12. The quantitative estimate of drug-likeness (QED) is 0.672. The first kappa shape index (κ1) is 21.0. The molecule has 7 heteroatoms. The Kier molecular flexibility index (Phi) is 6.02. The lowest BCUT2D eigenvalue weighted by atomic mass is 9.93. The summed E-state index contributed by atoms with van der Waals surface area (Å²) in [5.41, 5.74) is 3.22. The van der Waals surface area contributed by atoms with E-state index in [9.17, 15) is 9.59 Å². The number of piperidine rings is 1. The van der Waals surface area contributed by atoms with Crippen LogP contribution in [0.2, 0.25) is 0 Å². The van der Waals surface area contributed by atoms with Crippen LogP contribution in [0.5, 0.6) is 0 Å². The number of amides is 2. The number of likely N-dealkylation sites (tertiary alicyclic amines) is 1. The average Bonchev–Trinajstić information content (AvgIpc) is 3.26. The molecule has 0 aliphatic carbocycles. The Hall–Kier alpha value is -3.22. The summed E-state index contributed by atoms with van der Waals surface area (Å²) in [6, 6.07) is 9.83. The maximum absolute atomic E-state index is 12.8. The zero-order chi connectivity index (χ0) is 22.0. The molecular formula is C24H29N5O2. The predicted octanol–water partition coefficient (Wildman–Crippen LogP) is 4.20. The van der Waals surface area contributed by atoms with Crippen molar-refractivity contribution in [3.63, 3.8) is 0 Å². The van der Waals surface area contributed by atoms with E-state index in [-0.39, 0.29) is 23.8 Å². The van der Waals surface area contributed by atoms with Gasteiger partial charge in [0.25, 0.3) is 5.91 Å². The molecule has 1 aromatic carbocycles. The molecular weight excluding hydrogens is 390 g/mol. The molecule has 1 saturated heterocycles. The maximum atomic E-state index is 12.8. The molecule has 1 aliphatic heterocycles. The summed E-state index contributed by atoms with van der Waals surface area (Å²) in [5.74, 6) is 0.256. The van der Waals surface area contributed by atoms with E-state index in [1.165, 1.54) is 0 Å². The van der Waals surface area contributed by atoms with E-state index >= 15 is 0 Å². The molecule has 7 nitrogen and oxygen atoms in total. The van der Waals surface area contributed by atoms with Crippen molar-refractivity contribution in [2.45, 2.75) is 46.1 Å². The number of pyridine rings is 1. The third-order valence-electron chi connectivity index (χ3n) is 5.99. The number of benzene rings is 1. The van der Waals surface area contributed by atoms with E-state index in [2.05, 4.69) is 15.4 Å². The molecule has 0 saturated carbocycles. The lowest BCUT2D eigenvalue weighted by Gasteiger charge is -2.31.